The lowest BCUT2D eigenvalue weighted by molar-refractivity contribution is -0.359. The summed E-state index contributed by atoms with van der Waals surface area (Å²) >= 11 is 0. The van der Waals surface area contributed by atoms with E-state index in [4.69, 9.17) is 18.9 Å². The number of rotatable bonds is 44. The van der Waals surface area contributed by atoms with Gasteiger partial charge in [-0.15, -0.1) is 0 Å². The summed E-state index contributed by atoms with van der Waals surface area (Å²) in [7, 11) is 0. The van der Waals surface area contributed by atoms with Crippen LogP contribution in [0.1, 0.15) is 206 Å². The lowest BCUT2D eigenvalue weighted by Crippen LogP contribution is -2.65. The average Bonchev–Trinajstić information content (AvgIpc) is 3.38. The molecule has 0 aromatic rings. The molecule has 14 nitrogen and oxygen atoms in total. The summed E-state index contributed by atoms with van der Waals surface area (Å²) in [6.45, 7) is 2.67. The van der Waals surface area contributed by atoms with Crippen molar-refractivity contribution in [3.63, 3.8) is 0 Å². The summed E-state index contributed by atoms with van der Waals surface area (Å²) < 4.78 is 22.7. The average molecular weight is 1020 g/mol. The van der Waals surface area contributed by atoms with Crippen molar-refractivity contribution in [3.8, 4) is 0 Å². The minimum absolute atomic E-state index is 0.246. The smallest absolute Gasteiger partial charge is 0.220 e. The van der Waals surface area contributed by atoms with Gasteiger partial charge in [0.25, 0.3) is 0 Å². The minimum atomic E-state index is -1.79. The molecule has 0 aromatic carbocycles. The van der Waals surface area contributed by atoms with E-state index in [9.17, 15) is 45.6 Å². The molecule has 2 saturated heterocycles. The molecular weight excluding hydrogens is 919 g/mol. The predicted octanol–water partition coefficient (Wildman–Crippen LogP) is 9.00. The number of allylic oxidation sites excluding steroid dienone is 9. The second kappa shape index (κ2) is 43.9. The molecule has 2 fully saturated rings. The van der Waals surface area contributed by atoms with E-state index in [1.807, 2.05) is 6.08 Å². The molecule has 2 aliphatic heterocycles. The molecular formula is C58H103NO13. The topological polar surface area (TPSA) is 228 Å². The third kappa shape index (κ3) is 29.7. The van der Waals surface area contributed by atoms with Gasteiger partial charge >= 0.3 is 0 Å². The molecule has 0 radical (unpaired) electrons. The molecule has 14 heteroatoms. The molecule has 0 aliphatic carbocycles. The molecule has 0 bridgehead atoms. The molecule has 12 unspecified atom stereocenters. The monoisotopic (exact) mass is 1020 g/mol. The van der Waals surface area contributed by atoms with Crippen LogP contribution in [0, 0.1) is 0 Å². The minimum Gasteiger partial charge on any atom is -0.394 e. The molecule has 1 amide bonds. The van der Waals surface area contributed by atoms with E-state index in [-0.39, 0.29) is 18.9 Å². The fourth-order valence-electron chi connectivity index (χ4n) is 9.11. The van der Waals surface area contributed by atoms with Gasteiger partial charge in [0.05, 0.1) is 32.0 Å². The molecule has 2 heterocycles. The highest BCUT2D eigenvalue weighted by Crippen LogP contribution is 2.30. The number of carbonyl (C=O) groups is 1. The summed E-state index contributed by atoms with van der Waals surface area (Å²) in [5.41, 5.74) is 0. The van der Waals surface area contributed by atoms with E-state index in [0.29, 0.717) is 6.42 Å². The molecule has 12 atom stereocenters. The van der Waals surface area contributed by atoms with Gasteiger partial charge in [-0.3, -0.25) is 4.79 Å². The van der Waals surface area contributed by atoms with Gasteiger partial charge in [-0.25, -0.2) is 0 Å². The number of ether oxygens (including phenoxy) is 4. The Labute approximate surface area is 435 Å². The van der Waals surface area contributed by atoms with Crippen molar-refractivity contribution in [3.05, 3.63) is 60.8 Å². The second-order valence-electron chi connectivity index (χ2n) is 20.0. The van der Waals surface area contributed by atoms with Crippen LogP contribution in [0.3, 0.4) is 0 Å². The maximum absolute atomic E-state index is 13.2. The summed E-state index contributed by atoms with van der Waals surface area (Å²) in [6.07, 6.45) is 38.2. The van der Waals surface area contributed by atoms with E-state index in [1.54, 1.807) is 6.08 Å². The maximum atomic E-state index is 13.2. The van der Waals surface area contributed by atoms with Crippen molar-refractivity contribution in [1.29, 1.82) is 0 Å². The Hall–Kier alpha value is -2.31. The molecule has 418 valence electrons. The lowest BCUT2D eigenvalue weighted by atomic mass is 9.97. The highest BCUT2D eigenvalue weighted by atomic mass is 16.7. The first kappa shape index (κ1) is 65.8. The standard InChI is InChI=1S/C58H103NO13/c1-3-5-7-9-11-13-15-17-19-20-21-22-23-24-25-26-28-30-32-34-36-38-40-42-50(63)59-46(47(62)41-39-37-35-33-31-29-27-18-16-14-12-10-8-6-4-2)45-69-57-55(68)53(66)56(49(44-61)71-57)72-58-54(67)52(65)51(64)48(43-60)70-58/h5,7,11,13,17,19,21-22,39,41,46-49,51-58,60-62,64-68H,3-4,6,8-10,12,14-16,18,20,23-38,40,42-45H2,1-2H3,(H,59,63)/b7-5-,13-11-,19-17-,22-21-,41-39+. The molecule has 2 aliphatic rings. The zero-order valence-electron chi connectivity index (χ0n) is 44.7. The largest absolute Gasteiger partial charge is 0.394 e. The van der Waals surface area contributed by atoms with Crippen LogP contribution in [0.4, 0.5) is 0 Å². The molecule has 2 rings (SSSR count). The zero-order chi connectivity index (χ0) is 52.4. The summed E-state index contributed by atoms with van der Waals surface area (Å²) in [5, 5.41) is 87.0. The Morgan fingerprint density at radius 1 is 0.514 bits per heavy atom. The third-order valence-electron chi connectivity index (χ3n) is 13.7. The second-order valence-corrected chi connectivity index (χ2v) is 20.0. The Morgan fingerprint density at radius 3 is 1.47 bits per heavy atom. The van der Waals surface area contributed by atoms with Crippen LogP contribution in [0.5, 0.6) is 0 Å². The van der Waals surface area contributed by atoms with Gasteiger partial charge in [-0.1, -0.05) is 203 Å². The highest BCUT2D eigenvalue weighted by Gasteiger charge is 2.51. The van der Waals surface area contributed by atoms with E-state index in [0.717, 1.165) is 70.6 Å². The van der Waals surface area contributed by atoms with Crippen LogP contribution in [0.2, 0.25) is 0 Å². The maximum Gasteiger partial charge on any atom is 0.220 e. The van der Waals surface area contributed by atoms with Crippen molar-refractivity contribution in [2.75, 3.05) is 19.8 Å². The molecule has 0 saturated carbocycles. The number of carbonyl (C=O) groups excluding carboxylic acids is 1. The normalized spacial score (nSPS) is 26.0. The first-order valence-electron chi connectivity index (χ1n) is 28.5. The van der Waals surface area contributed by atoms with Crippen LogP contribution < -0.4 is 5.32 Å². The van der Waals surface area contributed by atoms with Crippen molar-refractivity contribution in [2.45, 2.75) is 280 Å². The Bertz CT molecular complexity index is 1440. The number of hydrogen-bond donors (Lipinski definition) is 9. The summed E-state index contributed by atoms with van der Waals surface area (Å²) in [5.74, 6) is -0.246. The zero-order valence-corrected chi connectivity index (χ0v) is 44.7. The number of amides is 1. The van der Waals surface area contributed by atoms with Crippen molar-refractivity contribution < 1.29 is 64.6 Å². The fraction of sp³-hybridized carbons (Fsp3) is 0.810. The lowest BCUT2D eigenvalue weighted by Gasteiger charge is -2.46. The first-order chi connectivity index (χ1) is 35.1. The molecule has 0 aromatic heterocycles. The Morgan fingerprint density at radius 2 is 0.958 bits per heavy atom. The van der Waals surface area contributed by atoms with Crippen LogP contribution in [-0.4, -0.2) is 140 Å². The number of unbranched alkanes of at least 4 members (excludes halogenated alkanes) is 23. The Balaban J connectivity index is 1.78. The van der Waals surface area contributed by atoms with Gasteiger partial charge in [-0.2, -0.15) is 0 Å². The summed E-state index contributed by atoms with van der Waals surface area (Å²) in [4.78, 5) is 13.2. The van der Waals surface area contributed by atoms with Gasteiger partial charge in [0.15, 0.2) is 12.6 Å². The number of aliphatic hydroxyl groups is 8. The van der Waals surface area contributed by atoms with Gasteiger partial charge in [-0.05, 0) is 57.8 Å². The van der Waals surface area contributed by atoms with Gasteiger partial charge in [0.1, 0.15) is 48.8 Å². The van der Waals surface area contributed by atoms with E-state index in [1.165, 1.54) is 109 Å². The highest BCUT2D eigenvalue weighted by molar-refractivity contribution is 5.76. The van der Waals surface area contributed by atoms with Gasteiger partial charge in [0.2, 0.25) is 5.91 Å². The van der Waals surface area contributed by atoms with E-state index < -0.39 is 86.8 Å². The predicted molar refractivity (Wildman–Crippen MR) is 286 cm³/mol. The molecule has 72 heavy (non-hydrogen) atoms. The molecule has 9 N–H and O–H groups in total. The number of aliphatic hydroxyl groups excluding tert-OH is 8. The van der Waals surface area contributed by atoms with Crippen molar-refractivity contribution in [1.82, 2.24) is 5.32 Å². The molecule has 0 spiro atoms. The fourth-order valence-corrected chi connectivity index (χ4v) is 9.11. The van der Waals surface area contributed by atoms with Crippen LogP contribution >= 0.6 is 0 Å². The van der Waals surface area contributed by atoms with Crippen LogP contribution in [0.25, 0.3) is 0 Å². The number of nitrogens with one attached hydrogen (secondary N) is 1. The number of hydrogen-bond acceptors (Lipinski definition) is 13. The third-order valence-corrected chi connectivity index (χ3v) is 13.7. The van der Waals surface area contributed by atoms with Crippen LogP contribution in [-0.2, 0) is 23.7 Å². The van der Waals surface area contributed by atoms with Crippen molar-refractivity contribution in [2.24, 2.45) is 0 Å². The van der Waals surface area contributed by atoms with Crippen LogP contribution in [0.15, 0.2) is 60.8 Å². The Kier molecular flexibility index (Phi) is 40.1. The van der Waals surface area contributed by atoms with Crippen molar-refractivity contribution >= 4 is 5.91 Å². The summed E-state index contributed by atoms with van der Waals surface area (Å²) in [6, 6.07) is -0.919. The first-order valence-corrected chi connectivity index (χ1v) is 28.5. The van der Waals surface area contributed by atoms with E-state index in [2.05, 4.69) is 67.8 Å². The van der Waals surface area contributed by atoms with E-state index >= 15 is 0 Å². The van der Waals surface area contributed by atoms with Gasteiger partial charge in [0, 0.05) is 6.42 Å². The van der Waals surface area contributed by atoms with Gasteiger partial charge < -0.3 is 65.1 Å². The SMILES string of the molecule is CC/C=C\C/C=C\C/C=C\C/C=C\CCCCCCCCCCCCC(=O)NC(COC1OC(CO)C(OC2OC(CO)C(O)C(O)C2O)C(O)C1O)C(O)/C=C/CCCCCCCCCCCCCCC. The quantitative estimate of drug-likeness (QED) is 0.0205.